The van der Waals surface area contributed by atoms with Crippen molar-refractivity contribution in [2.75, 3.05) is 13.2 Å². The van der Waals surface area contributed by atoms with Crippen molar-refractivity contribution in [2.24, 2.45) is 11.3 Å². The number of rotatable bonds is 0. The van der Waals surface area contributed by atoms with Crippen LogP contribution in [0.25, 0.3) is 0 Å². The quantitative estimate of drug-likeness (QED) is 0.655. The molecule has 0 aliphatic carbocycles. The van der Waals surface area contributed by atoms with Gasteiger partial charge in [0.05, 0.1) is 5.60 Å². The average molecular weight is 267 g/mol. The monoisotopic (exact) mass is 267 g/mol. The Morgan fingerprint density at radius 1 is 1.05 bits per heavy atom. The van der Waals surface area contributed by atoms with Crippen molar-refractivity contribution in [2.45, 2.75) is 84.9 Å². The molecule has 0 radical (unpaired) electrons. The molecule has 0 aromatic rings. The first-order valence-electron chi connectivity index (χ1n) is 7.94. The van der Waals surface area contributed by atoms with Crippen LogP contribution in [0.5, 0.6) is 0 Å². The molecule has 2 aliphatic heterocycles. The van der Waals surface area contributed by atoms with Gasteiger partial charge < -0.3 is 4.74 Å². The van der Waals surface area contributed by atoms with E-state index in [-0.39, 0.29) is 11.1 Å². The van der Waals surface area contributed by atoms with Gasteiger partial charge in [-0.15, -0.1) is 0 Å². The van der Waals surface area contributed by atoms with Crippen LogP contribution in [-0.2, 0) is 4.74 Å². The summed E-state index contributed by atoms with van der Waals surface area (Å²) in [5.74, 6) is 0.738. The standard InChI is InChI=1S/C17H33NO/c1-13-10-17(19-12-13)8-9-18(16(5,6)7)14(11-17)15(2,3)4/h13-14H,8-12H2,1-7H3. The summed E-state index contributed by atoms with van der Waals surface area (Å²) in [4.78, 5) is 2.71. The van der Waals surface area contributed by atoms with Gasteiger partial charge >= 0.3 is 0 Å². The third-order valence-electron chi connectivity index (χ3n) is 5.01. The second kappa shape index (κ2) is 4.73. The number of ether oxygens (including phenoxy) is 1. The number of piperidine rings is 1. The van der Waals surface area contributed by atoms with E-state index >= 15 is 0 Å². The Balaban J connectivity index is 2.21. The van der Waals surface area contributed by atoms with Gasteiger partial charge in [0.1, 0.15) is 0 Å². The first-order valence-corrected chi connectivity index (χ1v) is 7.94. The molecule has 0 amide bonds. The molecule has 0 aromatic carbocycles. The van der Waals surface area contributed by atoms with E-state index < -0.39 is 0 Å². The van der Waals surface area contributed by atoms with E-state index in [0.29, 0.717) is 11.5 Å². The predicted octanol–water partition coefficient (Wildman–Crippen LogP) is 4.09. The zero-order valence-corrected chi connectivity index (χ0v) is 14.0. The van der Waals surface area contributed by atoms with Crippen LogP contribution in [0.3, 0.4) is 0 Å². The van der Waals surface area contributed by atoms with Gasteiger partial charge in [-0.3, -0.25) is 4.90 Å². The van der Waals surface area contributed by atoms with Gasteiger partial charge in [0.2, 0.25) is 0 Å². The summed E-state index contributed by atoms with van der Waals surface area (Å²) in [6.07, 6.45) is 3.68. The molecule has 19 heavy (non-hydrogen) atoms. The Kier molecular flexibility index (Phi) is 3.81. The van der Waals surface area contributed by atoms with E-state index in [9.17, 15) is 0 Å². The first kappa shape index (κ1) is 15.3. The lowest BCUT2D eigenvalue weighted by Gasteiger charge is -2.54. The Bertz CT molecular complexity index is 325. The first-order chi connectivity index (χ1) is 8.54. The third-order valence-corrected chi connectivity index (χ3v) is 5.01. The molecular formula is C17H33NO. The van der Waals surface area contributed by atoms with Crippen LogP contribution in [0.2, 0.25) is 0 Å². The zero-order chi connectivity index (χ0) is 14.5. The summed E-state index contributed by atoms with van der Waals surface area (Å²) >= 11 is 0. The van der Waals surface area contributed by atoms with Crippen molar-refractivity contribution >= 4 is 0 Å². The van der Waals surface area contributed by atoms with Crippen LogP contribution >= 0.6 is 0 Å². The van der Waals surface area contributed by atoms with Crippen molar-refractivity contribution in [3.8, 4) is 0 Å². The number of likely N-dealkylation sites (tertiary alicyclic amines) is 1. The molecule has 0 aromatic heterocycles. The predicted molar refractivity (Wildman–Crippen MR) is 81.4 cm³/mol. The molecule has 2 fully saturated rings. The molecule has 0 bridgehead atoms. The molecule has 0 N–H and O–H groups in total. The summed E-state index contributed by atoms with van der Waals surface area (Å²) in [5, 5.41) is 0. The van der Waals surface area contributed by atoms with Gasteiger partial charge in [-0.25, -0.2) is 0 Å². The molecule has 2 saturated heterocycles. The molecule has 112 valence electrons. The largest absolute Gasteiger partial charge is 0.375 e. The van der Waals surface area contributed by atoms with E-state index in [0.717, 1.165) is 12.5 Å². The molecule has 2 rings (SSSR count). The van der Waals surface area contributed by atoms with Gasteiger partial charge in [-0.1, -0.05) is 27.7 Å². The van der Waals surface area contributed by atoms with Crippen molar-refractivity contribution in [1.82, 2.24) is 4.90 Å². The van der Waals surface area contributed by atoms with E-state index in [1.54, 1.807) is 0 Å². The van der Waals surface area contributed by atoms with Crippen molar-refractivity contribution in [3.05, 3.63) is 0 Å². The molecule has 3 atom stereocenters. The number of nitrogens with zero attached hydrogens (tertiary/aromatic N) is 1. The lowest BCUT2D eigenvalue weighted by atomic mass is 9.72. The van der Waals surface area contributed by atoms with Crippen LogP contribution in [0.4, 0.5) is 0 Å². The maximum atomic E-state index is 6.25. The minimum atomic E-state index is 0.180. The van der Waals surface area contributed by atoms with Gasteiger partial charge in [0.25, 0.3) is 0 Å². The number of hydrogen-bond donors (Lipinski definition) is 0. The molecular weight excluding hydrogens is 234 g/mol. The average Bonchev–Trinajstić information content (AvgIpc) is 2.57. The highest BCUT2D eigenvalue weighted by atomic mass is 16.5. The fourth-order valence-electron chi connectivity index (χ4n) is 4.01. The fourth-order valence-corrected chi connectivity index (χ4v) is 4.01. The molecule has 3 unspecified atom stereocenters. The van der Waals surface area contributed by atoms with Crippen molar-refractivity contribution in [3.63, 3.8) is 0 Å². The SMILES string of the molecule is CC1COC2(CCN(C(C)(C)C)C(C(C)(C)C)C2)C1. The second-order valence-electron chi connectivity index (χ2n) is 9.00. The minimum absolute atomic E-state index is 0.180. The summed E-state index contributed by atoms with van der Waals surface area (Å²) in [5.41, 5.74) is 0.749. The normalized spacial score (nSPS) is 38.1. The van der Waals surface area contributed by atoms with Gasteiger partial charge in [0, 0.05) is 24.7 Å². The maximum Gasteiger partial charge on any atom is 0.0713 e. The third kappa shape index (κ3) is 3.16. The van der Waals surface area contributed by atoms with Crippen LogP contribution in [0.1, 0.15) is 67.7 Å². The van der Waals surface area contributed by atoms with Crippen LogP contribution in [-0.4, -0.2) is 35.2 Å². The van der Waals surface area contributed by atoms with Crippen molar-refractivity contribution in [1.29, 1.82) is 0 Å². The lowest BCUT2D eigenvalue weighted by Crippen LogP contribution is -2.60. The molecule has 2 aliphatic rings. The summed E-state index contributed by atoms with van der Waals surface area (Å²) in [6.45, 7) is 18.7. The van der Waals surface area contributed by atoms with Crippen molar-refractivity contribution < 1.29 is 4.74 Å². The van der Waals surface area contributed by atoms with E-state index in [1.807, 2.05) is 0 Å². The minimum Gasteiger partial charge on any atom is -0.375 e. The zero-order valence-electron chi connectivity index (χ0n) is 14.0. The summed E-state index contributed by atoms with van der Waals surface area (Å²) in [7, 11) is 0. The van der Waals surface area contributed by atoms with E-state index in [2.05, 4.69) is 53.4 Å². The van der Waals surface area contributed by atoms with E-state index in [1.165, 1.54) is 25.8 Å². The molecule has 1 spiro atoms. The Morgan fingerprint density at radius 2 is 1.68 bits per heavy atom. The van der Waals surface area contributed by atoms with Crippen LogP contribution < -0.4 is 0 Å². The topological polar surface area (TPSA) is 12.5 Å². The molecule has 0 saturated carbocycles. The highest BCUT2D eigenvalue weighted by Gasteiger charge is 2.49. The van der Waals surface area contributed by atoms with E-state index in [4.69, 9.17) is 4.74 Å². The van der Waals surface area contributed by atoms with Gasteiger partial charge in [-0.2, -0.15) is 0 Å². The lowest BCUT2D eigenvalue weighted by molar-refractivity contribution is -0.109. The molecule has 2 nitrogen and oxygen atoms in total. The summed E-state index contributed by atoms with van der Waals surface area (Å²) < 4.78 is 6.25. The van der Waals surface area contributed by atoms with Gasteiger partial charge in [-0.05, 0) is 51.4 Å². The van der Waals surface area contributed by atoms with Crippen LogP contribution in [0, 0.1) is 11.3 Å². The van der Waals surface area contributed by atoms with Crippen LogP contribution in [0.15, 0.2) is 0 Å². The Morgan fingerprint density at radius 3 is 2.11 bits per heavy atom. The smallest absolute Gasteiger partial charge is 0.0713 e. The Hall–Kier alpha value is -0.0800. The summed E-state index contributed by atoms with van der Waals surface area (Å²) in [6, 6.07) is 0.617. The highest BCUT2D eigenvalue weighted by molar-refractivity contribution is 5.02. The number of hydrogen-bond acceptors (Lipinski definition) is 2. The second-order valence-corrected chi connectivity index (χ2v) is 9.00. The fraction of sp³-hybridized carbons (Fsp3) is 1.00. The van der Waals surface area contributed by atoms with Gasteiger partial charge in [0.15, 0.2) is 0 Å². The Labute approximate surface area is 119 Å². The molecule has 2 heteroatoms. The highest BCUT2D eigenvalue weighted by Crippen LogP contribution is 2.46. The molecule has 2 heterocycles. The maximum absolute atomic E-state index is 6.25.